The van der Waals surface area contributed by atoms with Gasteiger partial charge in [0, 0.05) is 50.2 Å². The van der Waals surface area contributed by atoms with Crippen molar-refractivity contribution in [3.63, 3.8) is 0 Å². The molecular formula is C24H37N5O2. The number of amides is 2. The van der Waals surface area contributed by atoms with Gasteiger partial charge in [0.1, 0.15) is 0 Å². The Morgan fingerprint density at radius 3 is 2.81 bits per heavy atom. The summed E-state index contributed by atoms with van der Waals surface area (Å²) in [5, 5.41) is 9.82. The molecular weight excluding hydrogens is 390 g/mol. The zero-order valence-electron chi connectivity index (χ0n) is 19.1. The topological polar surface area (TPSA) is 85.8 Å². The molecule has 0 radical (unpaired) electrons. The number of hydrogen-bond acceptors (Lipinski definition) is 3. The standard InChI is InChI=1S/C24H37N5O2/c1-17(2)27-23(31)19-9-6-10-20(16-19)28-24(25-3)26-14-7-12-22(30)29-15-13-18-8-4-5-11-21(18)29/h4-5,8,11,17,19-20H,6-7,9-10,12-16H2,1-3H3,(H,27,31)(H2,25,26,28). The average molecular weight is 428 g/mol. The summed E-state index contributed by atoms with van der Waals surface area (Å²) in [6, 6.07) is 8.56. The van der Waals surface area contributed by atoms with Gasteiger partial charge in [-0.15, -0.1) is 0 Å². The minimum absolute atomic E-state index is 0.0627. The summed E-state index contributed by atoms with van der Waals surface area (Å²) >= 11 is 0. The average Bonchev–Trinajstić information content (AvgIpc) is 3.19. The Balaban J connectivity index is 1.39. The lowest BCUT2D eigenvalue weighted by Gasteiger charge is -2.30. The van der Waals surface area contributed by atoms with Crippen LogP contribution < -0.4 is 20.9 Å². The number of carbonyl (C=O) groups is 2. The molecule has 3 rings (SSSR count). The molecule has 1 aromatic carbocycles. The second kappa shape index (κ2) is 11.2. The molecule has 170 valence electrons. The van der Waals surface area contributed by atoms with Crippen LogP contribution in [0.1, 0.15) is 57.9 Å². The van der Waals surface area contributed by atoms with Crippen molar-refractivity contribution < 1.29 is 9.59 Å². The Hall–Kier alpha value is -2.57. The van der Waals surface area contributed by atoms with Gasteiger partial charge in [-0.2, -0.15) is 0 Å². The molecule has 2 aliphatic rings. The van der Waals surface area contributed by atoms with Crippen LogP contribution in [0.2, 0.25) is 0 Å². The van der Waals surface area contributed by atoms with Crippen LogP contribution >= 0.6 is 0 Å². The van der Waals surface area contributed by atoms with E-state index in [2.05, 4.69) is 27.0 Å². The van der Waals surface area contributed by atoms with Crippen LogP contribution in [0.15, 0.2) is 29.3 Å². The van der Waals surface area contributed by atoms with E-state index >= 15 is 0 Å². The number of guanidine groups is 1. The highest BCUT2D eigenvalue weighted by Gasteiger charge is 2.28. The van der Waals surface area contributed by atoms with E-state index in [0.29, 0.717) is 13.0 Å². The summed E-state index contributed by atoms with van der Waals surface area (Å²) in [4.78, 5) is 31.2. The van der Waals surface area contributed by atoms with Crippen molar-refractivity contribution >= 4 is 23.5 Å². The Morgan fingerprint density at radius 2 is 2.03 bits per heavy atom. The molecule has 0 bridgehead atoms. The fourth-order valence-electron chi connectivity index (χ4n) is 4.53. The van der Waals surface area contributed by atoms with Crippen molar-refractivity contribution in [1.82, 2.24) is 16.0 Å². The van der Waals surface area contributed by atoms with Crippen LogP contribution in [0.5, 0.6) is 0 Å². The van der Waals surface area contributed by atoms with Crippen LogP contribution in [-0.4, -0.2) is 50.0 Å². The van der Waals surface area contributed by atoms with Gasteiger partial charge in [0.05, 0.1) is 0 Å². The van der Waals surface area contributed by atoms with Gasteiger partial charge in [0.15, 0.2) is 5.96 Å². The van der Waals surface area contributed by atoms with Crippen molar-refractivity contribution in [1.29, 1.82) is 0 Å². The van der Waals surface area contributed by atoms with Gasteiger partial charge in [-0.05, 0) is 57.6 Å². The molecule has 1 aliphatic carbocycles. The van der Waals surface area contributed by atoms with Crippen LogP contribution in [0, 0.1) is 5.92 Å². The molecule has 7 heteroatoms. The van der Waals surface area contributed by atoms with Gasteiger partial charge in [0.25, 0.3) is 0 Å². The maximum Gasteiger partial charge on any atom is 0.227 e. The van der Waals surface area contributed by atoms with Crippen LogP contribution in [0.25, 0.3) is 0 Å². The second-order valence-electron chi connectivity index (χ2n) is 8.89. The molecule has 0 aromatic heterocycles. The minimum atomic E-state index is 0.0627. The van der Waals surface area contributed by atoms with Crippen molar-refractivity contribution in [3.05, 3.63) is 29.8 Å². The molecule has 0 saturated heterocycles. The Morgan fingerprint density at radius 1 is 1.23 bits per heavy atom. The molecule has 1 heterocycles. The lowest BCUT2D eigenvalue weighted by atomic mass is 9.85. The summed E-state index contributed by atoms with van der Waals surface area (Å²) in [6.45, 7) is 5.46. The Labute approximate surface area is 186 Å². The summed E-state index contributed by atoms with van der Waals surface area (Å²) < 4.78 is 0. The fraction of sp³-hybridized carbons (Fsp3) is 0.625. The van der Waals surface area contributed by atoms with Gasteiger partial charge in [-0.1, -0.05) is 24.6 Å². The zero-order valence-corrected chi connectivity index (χ0v) is 19.1. The number of nitrogens with zero attached hydrogens (tertiary/aromatic N) is 2. The van der Waals surface area contributed by atoms with Gasteiger partial charge in [0.2, 0.25) is 11.8 Å². The van der Waals surface area contributed by atoms with Crippen molar-refractivity contribution in [2.75, 3.05) is 25.0 Å². The van der Waals surface area contributed by atoms with Gasteiger partial charge >= 0.3 is 0 Å². The number of anilines is 1. The summed E-state index contributed by atoms with van der Waals surface area (Å²) in [5.74, 6) is 1.15. The summed E-state index contributed by atoms with van der Waals surface area (Å²) in [6.07, 6.45) is 6.06. The zero-order chi connectivity index (χ0) is 22.2. The number of hydrogen-bond donors (Lipinski definition) is 3. The molecule has 3 N–H and O–H groups in total. The molecule has 0 spiro atoms. The minimum Gasteiger partial charge on any atom is -0.356 e. The summed E-state index contributed by atoms with van der Waals surface area (Å²) in [7, 11) is 1.76. The predicted octanol–water partition coefficient (Wildman–Crippen LogP) is 2.60. The maximum atomic E-state index is 12.6. The highest BCUT2D eigenvalue weighted by molar-refractivity contribution is 5.95. The van der Waals surface area contributed by atoms with E-state index < -0.39 is 0 Å². The highest BCUT2D eigenvalue weighted by atomic mass is 16.2. The highest BCUT2D eigenvalue weighted by Crippen LogP contribution is 2.28. The number of benzene rings is 1. The lowest BCUT2D eigenvalue weighted by molar-refractivity contribution is -0.126. The first-order chi connectivity index (χ1) is 15.0. The number of rotatable bonds is 7. The van der Waals surface area contributed by atoms with E-state index in [9.17, 15) is 9.59 Å². The molecule has 2 unspecified atom stereocenters. The third-order valence-electron chi connectivity index (χ3n) is 6.09. The number of aliphatic imine (C=N–C) groups is 1. The Bertz CT molecular complexity index is 792. The number of para-hydroxylation sites is 1. The molecule has 1 aliphatic heterocycles. The van der Waals surface area contributed by atoms with Gasteiger partial charge in [-0.25, -0.2) is 0 Å². The molecule has 1 aromatic rings. The number of nitrogens with one attached hydrogen (secondary N) is 3. The quantitative estimate of drug-likeness (QED) is 0.355. The van der Waals surface area contributed by atoms with Crippen LogP contribution in [0.4, 0.5) is 5.69 Å². The first-order valence-electron chi connectivity index (χ1n) is 11.6. The maximum absolute atomic E-state index is 12.6. The monoisotopic (exact) mass is 427 g/mol. The molecule has 7 nitrogen and oxygen atoms in total. The van der Waals surface area contributed by atoms with Crippen LogP contribution in [0.3, 0.4) is 0 Å². The van der Waals surface area contributed by atoms with Crippen molar-refractivity contribution in [2.45, 2.75) is 70.9 Å². The lowest BCUT2D eigenvalue weighted by Crippen LogP contribution is -2.47. The van der Waals surface area contributed by atoms with E-state index in [1.807, 2.05) is 36.9 Å². The first kappa shape index (κ1) is 23.1. The van der Waals surface area contributed by atoms with Crippen LogP contribution in [-0.2, 0) is 16.0 Å². The van der Waals surface area contributed by atoms with E-state index in [-0.39, 0.29) is 29.8 Å². The predicted molar refractivity (Wildman–Crippen MR) is 125 cm³/mol. The van der Waals surface area contributed by atoms with E-state index in [0.717, 1.165) is 56.7 Å². The van der Waals surface area contributed by atoms with Gasteiger partial charge < -0.3 is 20.9 Å². The number of carbonyl (C=O) groups excluding carboxylic acids is 2. The SMILES string of the molecule is CN=C(NCCCC(=O)N1CCc2ccccc21)NC1CCCC(C(=O)NC(C)C)C1. The molecule has 1 fully saturated rings. The van der Waals surface area contributed by atoms with Crippen molar-refractivity contribution in [3.8, 4) is 0 Å². The fourth-order valence-corrected chi connectivity index (χ4v) is 4.53. The number of fused-ring (bicyclic) bond motifs is 1. The van der Waals surface area contributed by atoms with E-state index in [1.165, 1.54) is 5.56 Å². The van der Waals surface area contributed by atoms with E-state index in [4.69, 9.17) is 0 Å². The smallest absolute Gasteiger partial charge is 0.227 e. The molecule has 1 saturated carbocycles. The first-order valence-corrected chi connectivity index (χ1v) is 11.6. The van der Waals surface area contributed by atoms with Crippen molar-refractivity contribution in [2.24, 2.45) is 10.9 Å². The van der Waals surface area contributed by atoms with E-state index in [1.54, 1.807) is 7.05 Å². The Kier molecular flexibility index (Phi) is 8.32. The normalized spacial score (nSPS) is 21.0. The molecule has 2 amide bonds. The third-order valence-corrected chi connectivity index (χ3v) is 6.09. The largest absolute Gasteiger partial charge is 0.356 e. The second-order valence-corrected chi connectivity index (χ2v) is 8.89. The van der Waals surface area contributed by atoms with Gasteiger partial charge in [-0.3, -0.25) is 14.6 Å². The third kappa shape index (κ3) is 6.45. The molecule has 31 heavy (non-hydrogen) atoms. The summed E-state index contributed by atoms with van der Waals surface area (Å²) in [5.41, 5.74) is 2.32. The molecule has 2 atom stereocenters.